The van der Waals surface area contributed by atoms with Crippen LogP contribution in [0.4, 0.5) is 0 Å². The number of phenols is 1. The fourth-order valence-electron chi connectivity index (χ4n) is 4.79. The Morgan fingerprint density at radius 3 is 2.72 bits per heavy atom. The number of rotatable bonds is 3. The second-order valence-corrected chi connectivity index (χ2v) is 9.00. The molecule has 0 saturated carbocycles. The van der Waals surface area contributed by atoms with Gasteiger partial charge >= 0.3 is 0 Å². The van der Waals surface area contributed by atoms with Crippen molar-refractivity contribution in [3.63, 3.8) is 0 Å². The maximum absolute atomic E-state index is 12.9. The lowest BCUT2D eigenvalue weighted by Crippen LogP contribution is -2.50. The molecule has 7 heteroatoms. The largest absolute Gasteiger partial charge is 0.507 e. The molecular formula is C22H31N3O4. The van der Waals surface area contributed by atoms with Gasteiger partial charge in [0.1, 0.15) is 5.75 Å². The van der Waals surface area contributed by atoms with Gasteiger partial charge < -0.3 is 19.6 Å². The number of likely N-dealkylation sites (N-methyl/N-ethyl adjacent to an activating group) is 1. The summed E-state index contributed by atoms with van der Waals surface area (Å²) in [5, 5.41) is 10.1. The van der Waals surface area contributed by atoms with E-state index in [4.69, 9.17) is 4.74 Å². The molecule has 3 aliphatic heterocycles. The Morgan fingerprint density at radius 1 is 1.24 bits per heavy atom. The molecule has 0 aliphatic carbocycles. The molecule has 1 spiro atoms. The Hall–Kier alpha value is -2.12. The third kappa shape index (κ3) is 4.26. The van der Waals surface area contributed by atoms with Gasteiger partial charge in [0.25, 0.3) is 5.91 Å². The highest BCUT2D eigenvalue weighted by molar-refractivity contribution is 5.97. The predicted octanol–water partition coefficient (Wildman–Crippen LogP) is 1.49. The Balaban J connectivity index is 1.31. The molecule has 3 heterocycles. The zero-order chi connectivity index (χ0) is 20.6. The molecule has 2 amide bonds. The van der Waals surface area contributed by atoms with Gasteiger partial charge in [-0.3, -0.25) is 14.5 Å². The number of phenolic OH excluding ortho intramolecular Hbond substituents is 1. The van der Waals surface area contributed by atoms with Crippen molar-refractivity contribution in [1.82, 2.24) is 14.7 Å². The van der Waals surface area contributed by atoms with E-state index in [0.717, 1.165) is 51.1 Å². The number of likely N-dealkylation sites (tertiary alicyclic amines) is 1. The number of aromatic hydroxyl groups is 1. The molecule has 4 rings (SSSR count). The van der Waals surface area contributed by atoms with Crippen molar-refractivity contribution in [2.24, 2.45) is 5.41 Å². The first-order chi connectivity index (χ1) is 13.8. The van der Waals surface area contributed by atoms with Crippen molar-refractivity contribution >= 4 is 11.8 Å². The number of nitrogens with zero attached hydrogens (tertiary/aromatic N) is 3. The number of ether oxygens (including phenoxy) is 1. The van der Waals surface area contributed by atoms with Crippen LogP contribution in [0.25, 0.3) is 0 Å². The minimum atomic E-state index is -0.0903. The van der Waals surface area contributed by atoms with E-state index in [1.807, 2.05) is 18.9 Å². The van der Waals surface area contributed by atoms with Crippen LogP contribution < -0.4 is 0 Å². The number of hydrogen-bond donors (Lipinski definition) is 1. The maximum atomic E-state index is 12.9. The average molecular weight is 402 g/mol. The van der Waals surface area contributed by atoms with Gasteiger partial charge in [0.2, 0.25) is 5.91 Å². The molecule has 1 atom stereocenters. The van der Waals surface area contributed by atoms with Gasteiger partial charge in [-0.15, -0.1) is 0 Å². The molecule has 1 N–H and O–H groups in total. The lowest BCUT2D eigenvalue weighted by Gasteiger charge is -2.39. The van der Waals surface area contributed by atoms with Crippen LogP contribution in [0.3, 0.4) is 0 Å². The summed E-state index contributed by atoms with van der Waals surface area (Å²) < 4.78 is 6.12. The minimum absolute atomic E-state index is 0.0480. The first kappa shape index (κ1) is 20.2. The van der Waals surface area contributed by atoms with E-state index in [0.29, 0.717) is 25.2 Å². The number of aryl methyl sites for hydroxylation is 1. The fourth-order valence-corrected chi connectivity index (χ4v) is 4.79. The fraction of sp³-hybridized carbons (Fsp3) is 0.636. The van der Waals surface area contributed by atoms with E-state index >= 15 is 0 Å². The Bertz CT molecular complexity index is 788. The van der Waals surface area contributed by atoms with E-state index in [-0.39, 0.29) is 29.1 Å². The number of benzene rings is 1. The van der Waals surface area contributed by atoms with E-state index in [1.165, 1.54) is 0 Å². The molecule has 0 aromatic heterocycles. The minimum Gasteiger partial charge on any atom is -0.507 e. The van der Waals surface area contributed by atoms with Crippen molar-refractivity contribution in [2.45, 2.75) is 32.3 Å². The van der Waals surface area contributed by atoms with Crippen LogP contribution in [0.2, 0.25) is 0 Å². The zero-order valence-corrected chi connectivity index (χ0v) is 17.4. The number of hydrogen-bond acceptors (Lipinski definition) is 5. The van der Waals surface area contributed by atoms with Gasteiger partial charge in [-0.25, -0.2) is 0 Å². The van der Waals surface area contributed by atoms with Crippen LogP contribution in [0.15, 0.2) is 18.2 Å². The van der Waals surface area contributed by atoms with E-state index in [2.05, 4.69) is 4.90 Å². The van der Waals surface area contributed by atoms with E-state index in [9.17, 15) is 14.7 Å². The highest BCUT2D eigenvalue weighted by Gasteiger charge is 2.44. The van der Waals surface area contributed by atoms with Gasteiger partial charge in [-0.05, 0) is 43.7 Å². The number of carbonyl (C=O) groups excluding carboxylic acids is 2. The monoisotopic (exact) mass is 401 g/mol. The first-order valence-electron chi connectivity index (χ1n) is 10.5. The van der Waals surface area contributed by atoms with Crippen molar-refractivity contribution in [2.75, 3.05) is 52.9 Å². The second-order valence-electron chi connectivity index (χ2n) is 9.00. The summed E-state index contributed by atoms with van der Waals surface area (Å²) in [6.07, 6.45) is 2.99. The zero-order valence-electron chi connectivity index (χ0n) is 17.4. The highest BCUT2D eigenvalue weighted by Crippen LogP contribution is 2.42. The summed E-state index contributed by atoms with van der Waals surface area (Å²) in [6.45, 7) is 7.00. The molecule has 29 heavy (non-hydrogen) atoms. The van der Waals surface area contributed by atoms with Crippen molar-refractivity contribution in [3.05, 3.63) is 29.3 Å². The lowest BCUT2D eigenvalue weighted by atomic mass is 9.76. The standard InChI is InChI=1S/C22H31N3O4/c1-16-3-4-19(26)18(11-16)21(28)25-7-5-22(6-8-25)12-17(29-15-22)13-24-10-9-23(2)20(27)14-24/h3-4,11,17,26H,5-10,12-15H2,1-2H3. The second kappa shape index (κ2) is 7.95. The van der Waals surface area contributed by atoms with Crippen molar-refractivity contribution < 1.29 is 19.4 Å². The number of amides is 2. The van der Waals surface area contributed by atoms with Crippen LogP contribution >= 0.6 is 0 Å². The quantitative estimate of drug-likeness (QED) is 0.831. The van der Waals surface area contributed by atoms with Gasteiger partial charge in [-0.2, -0.15) is 0 Å². The SMILES string of the molecule is Cc1ccc(O)c(C(=O)N2CCC3(CC2)COC(CN2CCN(C)C(=O)C2)C3)c1. The third-order valence-corrected chi connectivity index (χ3v) is 6.78. The van der Waals surface area contributed by atoms with Crippen molar-refractivity contribution in [1.29, 1.82) is 0 Å². The number of piperazine rings is 1. The molecule has 1 unspecified atom stereocenters. The Labute approximate surface area is 172 Å². The normalized spacial score (nSPS) is 25.0. The summed E-state index contributed by atoms with van der Waals surface area (Å²) in [4.78, 5) is 30.6. The molecule has 158 valence electrons. The van der Waals surface area contributed by atoms with Gasteiger partial charge in [0, 0.05) is 39.8 Å². The van der Waals surface area contributed by atoms with Gasteiger partial charge in [-0.1, -0.05) is 11.6 Å². The Kier molecular flexibility index (Phi) is 5.53. The van der Waals surface area contributed by atoms with Crippen molar-refractivity contribution in [3.8, 4) is 5.75 Å². The summed E-state index contributed by atoms with van der Waals surface area (Å²) in [7, 11) is 1.85. The number of carbonyl (C=O) groups is 2. The molecular weight excluding hydrogens is 370 g/mol. The van der Waals surface area contributed by atoms with E-state index in [1.54, 1.807) is 23.1 Å². The van der Waals surface area contributed by atoms with Crippen LogP contribution in [-0.2, 0) is 9.53 Å². The number of piperidine rings is 1. The van der Waals surface area contributed by atoms with Gasteiger partial charge in [0.05, 0.1) is 24.8 Å². The molecule has 3 fully saturated rings. The van der Waals surface area contributed by atoms with E-state index < -0.39 is 0 Å². The van der Waals surface area contributed by atoms with Gasteiger partial charge in [0.15, 0.2) is 0 Å². The molecule has 0 bridgehead atoms. The predicted molar refractivity (Wildman–Crippen MR) is 109 cm³/mol. The molecule has 7 nitrogen and oxygen atoms in total. The molecule has 0 radical (unpaired) electrons. The first-order valence-corrected chi connectivity index (χ1v) is 10.5. The summed E-state index contributed by atoms with van der Waals surface area (Å²) >= 11 is 0. The third-order valence-electron chi connectivity index (χ3n) is 6.78. The van der Waals surface area contributed by atoms with Crippen LogP contribution in [0, 0.1) is 12.3 Å². The average Bonchev–Trinajstić information content (AvgIpc) is 3.09. The smallest absolute Gasteiger partial charge is 0.257 e. The molecule has 1 aromatic rings. The molecule has 3 aliphatic rings. The lowest BCUT2D eigenvalue weighted by molar-refractivity contribution is -0.134. The highest BCUT2D eigenvalue weighted by atomic mass is 16.5. The molecule has 3 saturated heterocycles. The van der Waals surface area contributed by atoms with Crippen LogP contribution in [-0.4, -0.2) is 90.6 Å². The summed E-state index contributed by atoms with van der Waals surface area (Å²) in [5.74, 6) is 0.134. The Morgan fingerprint density at radius 2 is 2.00 bits per heavy atom. The van der Waals surface area contributed by atoms with Crippen LogP contribution in [0.5, 0.6) is 5.75 Å². The maximum Gasteiger partial charge on any atom is 0.257 e. The molecule has 1 aromatic carbocycles. The summed E-state index contributed by atoms with van der Waals surface area (Å²) in [5.41, 5.74) is 1.49. The van der Waals surface area contributed by atoms with Crippen LogP contribution in [0.1, 0.15) is 35.2 Å². The topological polar surface area (TPSA) is 73.3 Å². The summed E-state index contributed by atoms with van der Waals surface area (Å²) in [6, 6.07) is 5.15.